The van der Waals surface area contributed by atoms with Gasteiger partial charge in [0.05, 0.1) is 11.7 Å². The fraction of sp³-hybridized carbons (Fsp3) is 0.350. The number of aliphatic imine (C=N–C) groups is 1. The van der Waals surface area contributed by atoms with E-state index in [-0.39, 0.29) is 6.04 Å². The number of fused-ring (bicyclic) bond motifs is 1. The van der Waals surface area contributed by atoms with E-state index >= 15 is 0 Å². The zero-order valence-electron chi connectivity index (χ0n) is 13.9. The van der Waals surface area contributed by atoms with E-state index < -0.39 is 0 Å². The van der Waals surface area contributed by atoms with Crippen molar-refractivity contribution in [3.63, 3.8) is 0 Å². The van der Waals surface area contributed by atoms with E-state index in [4.69, 9.17) is 5.73 Å². The summed E-state index contributed by atoms with van der Waals surface area (Å²) in [6.07, 6.45) is 2.19. The smallest absolute Gasteiger partial charge is 0.121 e. The van der Waals surface area contributed by atoms with Crippen molar-refractivity contribution in [2.75, 3.05) is 6.54 Å². The lowest BCUT2D eigenvalue weighted by atomic mass is 9.94. The van der Waals surface area contributed by atoms with Crippen molar-refractivity contribution in [1.29, 1.82) is 0 Å². The molecule has 1 aliphatic rings. The minimum absolute atomic E-state index is 0.00851. The predicted molar refractivity (Wildman–Crippen MR) is 97.3 cm³/mol. The molecule has 3 nitrogen and oxygen atoms in total. The van der Waals surface area contributed by atoms with Crippen LogP contribution in [-0.2, 0) is 6.42 Å². The number of benzene rings is 2. The molecule has 0 aromatic heterocycles. The van der Waals surface area contributed by atoms with Crippen LogP contribution in [0.25, 0.3) is 0 Å². The van der Waals surface area contributed by atoms with Gasteiger partial charge in [-0.15, -0.1) is 0 Å². The summed E-state index contributed by atoms with van der Waals surface area (Å²) in [5.74, 6) is 1.21. The summed E-state index contributed by atoms with van der Waals surface area (Å²) in [5, 5.41) is 3.48. The Bertz CT molecular complexity index is 688. The van der Waals surface area contributed by atoms with Crippen LogP contribution in [0.5, 0.6) is 0 Å². The second-order valence-electron chi connectivity index (χ2n) is 6.27. The van der Waals surface area contributed by atoms with Gasteiger partial charge in [0, 0.05) is 6.54 Å². The first-order valence-electron chi connectivity index (χ1n) is 8.44. The second kappa shape index (κ2) is 6.97. The van der Waals surface area contributed by atoms with Crippen LogP contribution in [0.1, 0.15) is 48.9 Å². The lowest BCUT2D eigenvalue weighted by Crippen LogP contribution is -2.38. The van der Waals surface area contributed by atoms with Crippen LogP contribution in [0.2, 0.25) is 0 Å². The van der Waals surface area contributed by atoms with Gasteiger partial charge in [-0.25, -0.2) is 4.99 Å². The molecule has 23 heavy (non-hydrogen) atoms. The van der Waals surface area contributed by atoms with Crippen molar-refractivity contribution in [3.05, 3.63) is 65.2 Å². The normalized spacial score (nSPS) is 19.2. The van der Waals surface area contributed by atoms with Gasteiger partial charge in [0.15, 0.2) is 0 Å². The van der Waals surface area contributed by atoms with E-state index in [1.165, 1.54) is 16.7 Å². The van der Waals surface area contributed by atoms with Crippen molar-refractivity contribution in [3.8, 4) is 0 Å². The SMILES string of the molecule is CCC(C)c1ccc(N=C(N)C2NCCc3ccccc32)cc1. The molecule has 3 rings (SSSR count). The third-order valence-corrected chi connectivity index (χ3v) is 4.74. The highest BCUT2D eigenvalue weighted by Crippen LogP contribution is 2.25. The van der Waals surface area contributed by atoms with Gasteiger partial charge < -0.3 is 11.1 Å². The lowest BCUT2D eigenvalue weighted by Gasteiger charge is -2.26. The standard InChI is InChI=1S/C20H25N3/c1-3-14(2)15-8-10-17(11-9-15)23-20(21)19-18-7-5-4-6-16(18)12-13-22-19/h4-11,14,19,22H,3,12-13H2,1-2H3,(H2,21,23). The molecule has 2 aromatic rings. The maximum absolute atomic E-state index is 6.31. The Morgan fingerprint density at radius 2 is 1.96 bits per heavy atom. The second-order valence-corrected chi connectivity index (χ2v) is 6.27. The number of rotatable bonds is 4. The highest BCUT2D eigenvalue weighted by molar-refractivity contribution is 5.89. The van der Waals surface area contributed by atoms with Crippen LogP contribution < -0.4 is 11.1 Å². The van der Waals surface area contributed by atoms with Crippen LogP contribution in [0.4, 0.5) is 5.69 Å². The molecule has 0 amide bonds. The fourth-order valence-electron chi connectivity index (χ4n) is 3.10. The molecule has 1 aliphatic heterocycles. The Kier molecular flexibility index (Phi) is 4.77. The van der Waals surface area contributed by atoms with Gasteiger partial charge in [-0.1, -0.05) is 50.2 Å². The van der Waals surface area contributed by atoms with E-state index in [9.17, 15) is 0 Å². The Labute approximate surface area is 138 Å². The molecule has 0 aliphatic carbocycles. The molecule has 1 heterocycles. The fourth-order valence-corrected chi connectivity index (χ4v) is 3.10. The maximum atomic E-state index is 6.31. The van der Waals surface area contributed by atoms with Crippen molar-refractivity contribution < 1.29 is 0 Å². The summed E-state index contributed by atoms with van der Waals surface area (Å²) >= 11 is 0. The Morgan fingerprint density at radius 1 is 1.22 bits per heavy atom. The summed E-state index contributed by atoms with van der Waals surface area (Å²) in [5.41, 5.74) is 11.2. The van der Waals surface area contributed by atoms with Crippen LogP contribution in [0.3, 0.4) is 0 Å². The van der Waals surface area contributed by atoms with Crippen molar-refractivity contribution in [1.82, 2.24) is 5.32 Å². The summed E-state index contributed by atoms with van der Waals surface area (Å²) in [4.78, 5) is 4.64. The largest absolute Gasteiger partial charge is 0.386 e. The molecular formula is C20H25N3. The molecule has 0 radical (unpaired) electrons. The number of nitrogens with one attached hydrogen (secondary N) is 1. The molecular weight excluding hydrogens is 282 g/mol. The van der Waals surface area contributed by atoms with Gasteiger partial charge in [-0.05, 0) is 47.6 Å². The first-order chi connectivity index (χ1) is 11.2. The average molecular weight is 307 g/mol. The molecule has 2 atom stereocenters. The Hall–Kier alpha value is -2.13. The van der Waals surface area contributed by atoms with Gasteiger partial charge in [0.2, 0.25) is 0 Å². The minimum atomic E-state index is 0.00851. The first-order valence-corrected chi connectivity index (χ1v) is 8.44. The molecule has 0 saturated heterocycles. The number of hydrogen-bond acceptors (Lipinski definition) is 2. The molecule has 2 unspecified atom stereocenters. The minimum Gasteiger partial charge on any atom is -0.386 e. The lowest BCUT2D eigenvalue weighted by molar-refractivity contribution is 0.601. The van der Waals surface area contributed by atoms with Crippen molar-refractivity contribution in [2.45, 2.75) is 38.6 Å². The molecule has 3 N–H and O–H groups in total. The summed E-state index contributed by atoms with van der Waals surface area (Å²) < 4.78 is 0. The summed E-state index contributed by atoms with van der Waals surface area (Å²) in [6.45, 7) is 5.39. The van der Waals surface area contributed by atoms with Gasteiger partial charge in [0.1, 0.15) is 5.84 Å². The van der Waals surface area contributed by atoms with Crippen LogP contribution in [-0.4, -0.2) is 12.4 Å². The van der Waals surface area contributed by atoms with Crippen molar-refractivity contribution >= 4 is 11.5 Å². The molecule has 0 spiro atoms. The van der Waals surface area contributed by atoms with E-state index in [1.807, 2.05) is 0 Å². The van der Waals surface area contributed by atoms with Gasteiger partial charge in [-0.2, -0.15) is 0 Å². The molecule has 0 fully saturated rings. The van der Waals surface area contributed by atoms with Crippen LogP contribution >= 0.6 is 0 Å². The van der Waals surface area contributed by atoms with Crippen molar-refractivity contribution in [2.24, 2.45) is 10.7 Å². The zero-order chi connectivity index (χ0) is 16.2. The molecule has 120 valence electrons. The Morgan fingerprint density at radius 3 is 2.70 bits per heavy atom. The average Bonchev–Trinajstić information content (AvgIpc) is 2.61. The van der Waals surface area contributed by atoms with E-state index in [2.05, 4.69) is 72.7 Å². The number of nitrogens with zero attached hydrogens (tertiary/aromatic N) is 1. The Balaban J connectivity index is 1.83. The van der Waals surface area contributed by atoms with E-state index in [1.54, 1.807) is 0 Å². The summed E-state index contributed by atoms with van der Waals surface area (Å²) in [6, 6.07) is 16.9. The summed E-state index contributed by atoms with van der Waals surface area (Å²) in [7, 11) is 0. The van der Waals surface area contributed by atoms with Crippen LogP contribution in [0, 0.1) is 0 Å². The molecule has 0 bridgehead atoms. The van der Waals surface area contributed by atoms with E-state index in [0.29, 0.717) is 11.8 Å². The number of hydrogen-bond donors (Lipinski definition) is 2. The van der Waals surface area contributed by atoms with Crippen LogP contribution in [0.15, 0.2) is 53.5 Å². The highest BCUT2D eigenvalue weighted by Gasteiger charge is 2.22. The van der Waals surface area contributed by atoms with E-state index in [0.717, 1.165) is 25.1 Å². The molecule has 0 saturated carbocycles. The quantitative estimate of drug-likeness (QED) is 0.660. The first kappa shape index (κ1) is 15.8. The van der Waals surface area contributed by atoms with Gasteiger partial charge in [0.25, 0.3) is 0 Å². The zero-order valence-corrected chi connectivity index (χ0v) is 13.9. The van der Waals surface area contributed by atoms with Gasteiger partial charge in [-0.3, -0.25) is 0 Å². The molecule has 2 aromatic carbocycles. The monoisotopic (exact) mass is 307 g/mol. The third kappa shape index (κ3) is 3.45. The predicted octanol–water partition coefficient (Wildman–Crippen LogP) is 4.08. The molecule has 3 heteroatoms. The highest BCUT2D eigenvalue weighted by atomic mass is 15.0. The third-order valence-electron chi connectivity index (χ3n) is 4.74. The van der Waals surface area contributed by atoms with Gasteiger partial charge >= 0.3 is 0 Å². The number of amidine groups is 1. The number of nitrogens with two attached hydrogens (primary N) is 1. The topological polar surface area (TPSA) is 50.4 Å². The maximum Gasteiger partial charge on any atom is 0.121 e.